The molecule has 2 atom stereocenters. The molecule has 2 saturated heterocycles. The van der Waals surface area contributed by atoms with Crippen molar-refractivity contribution in [3.05, 3.63) is 22.4 Å². The summed E-state index contributed by atoms with van der Waals surface area (Å²) in [4.78, 5) is 25.6. The average Bonchev–Trinajstić information content (AvgIpc) is 2.94. The van der Waals surface area contributed by atoms with E-state index >= 15 is 0 Å². The molecule has 0 aromatic carbocycles. The van der Waals surface area contributed by atoms with E-state index in [0.717, 1.165) is 13.0 Å². The second-order valence-corrected chi connectivity index (χ2v) is 4.98. The molecular formula is C11H12N2O2S. The second kappa shape index (κ2) is 3.68. The minimum Gasteiger partial charge on any atom is -0.326 e. The third-order valence-corrected chi connectivity index (χ3v) is 3.97. The van der Waals surface area contributed by atoms with Gasteiger partial charge in [-0.3, -0.25) is 9.59 Å². The van der Waals surface area contributed by atoms with Gasteiger partial charge in [0, 0.05) is 5.38 Å². The average molecular weight is 236 g/mol. The van der Waals surface area contributed by atoms with E-state index in [-0.39, 0.29) is 30.3 Å². The van der Waals surface area contributed by atoms with Gasteiger partial charge in [0.25, 0.3) is 5.91 Å². The summed E-state index contributed by atoms with van der Waals surface area (Å²) in [6.07, 6.45) is 0.881. The maximum absolute atomic E-state index is 12.1. The summed E-state index contributed by atoms with van der Waals surface area (Å²) in [6, 6.07) is 1.76. The zero-order valence-corrected chi connectivity index (χ0v) is 9.50. The molecule has 2 unspecified atom stereocenters. The summed E-state index contributed by atoms with van der Waals surface area (Å²) in [5.41, 5.74) is 0.699. The largest absolute Gasteiger partial charge is 0.326 e. The van der Waals surface area contributed by atoms with E-state index in [1.165, 1.54) is 11.3 Å². The van der Waals surface area contributed by atoms with Gasteiger partial charge in [-0.25, -0.2) is 0 Å². The van der Waals surface area contributed by atoms with Gasteiger partial charge in [-0.1, -0.05) is 0 Å². The van der Waals surface area contributed by atoms with Crippen molar-refractivity contribution < 1.29 is 9.59 Å². The molecule has 1 amide bonds. The number of likely N-dealkylation sites (tertiary alicyclic amines) is 1. The first-order chi connectivity index (χ1) is 7.77. The van der Waals surface area contributed by atoms with Crippen LogP contribution in [0.3, 0.4) is 0 Å². The lowest BCUT2D eigenvalue weighted by atomic mass is 10.1. The smallest absolute Gasteiger partial charge is 0.255 e. The van der Waals surface area contributed by atoms with Crippen LogP contribution in [-0.2, 0) is 4.79 Å². The molecule has 3 heterocycles. The molecule has 2 fully saturated rings. The van der Waals surface area contributed by atoms with Gasteiger partial charge >= 0.3 is 0 Å². The Balaban J connectivity index is 1.86. The van der Waals surface area contributed by atoms with E-state index in [1.54, 1.807) is 4.90 Å². The van der Waals surface area contributed by atoms with Crippen LogP contribution in [0.2, 0.25) is 0 Å². The summed E-state index contributed by atoms with van der Waals surface area (Å²) in [5.74, 6) is 0.136. The number of thiophene rings is 1. The second-order valence-electron chi connectivity index (χ2n) is 4.20. The highest BCUT2D eigenvalue weighted by Gasteiger charge is 2.45. The van der Waals surface area contributed by atoms with Crippen molar-refractivity contribution in [3.8, 4) is 0 Å². The fraction of sp³-hybridized carbons (Fsp3) is 0.455. The first-order valence-corrected chi connectivity index (χ1v) is 6.31. The van der Waals surface area contributed by atoms with Crippen LogP contribution in [0, 0.1) is 0 Å². The third kappa shape index (κ3) is 1.39. The van der Waals surface area contributed by atoms with E-state index in [4.69, 9.17) is 0 Å². The number of hydrogen-bond donors (Lipinski definition) is 1. The topological polar surface area (TPSA) is 49.4 Å². The molecule has 16 heavy (non-hydrogen) atoms. The summed E-state index contributed by atoms with van der Waals surface area (Å²) < 4.78 is 0. The standard InChI is InChI=1S/C11H12N2O2S/c14-9-5-13(8-1-3-12-10(8)9)11(15)7-2-4-16-6-7/h2,4,6,8,10,12H,1,3,5H2. The quantitative estimate of drug-likeness (QED) is 0.772. The number of carbonyl (C=O) groups is 2. The summed E-state index contributed by atoms with van der Waals surface area (Å²) in [5, 5.41) is 6.88. The van der Waals surface area contributed by atoms with Crippen molar-refractivity contribution in [2.75, 3.05) is 13.1 Å². The molecule has 1 aromatic rings. The number of ketones is 1. The SMILES string of the molecule is O=C1CN(C(=O)c2ccsc2)C2CCNC12. The van der Waals surface area contributed by atoms with Crippen LogP contribution >= 0.6 is 11.3 Å². The van der Waals surface area contributed by atoms with Crippen molar-refractivity contribution in [2.24, 2.45) is 0 Å². The molecule has 4 nitrogen and oxygen atoms in total. The van der Waals surface area contributed by atoms with Gasteiger partial charge in [0.05, 0.1) is 24.2 Å². The predicted molar refractivity (Wildman–Crippen MR) is 60.6 cm³/mol. The molecule has 0 bridgehead atoms. The van der Waals surface area contributed by atoms with Crippen LogP contribution in [0.15, 0.2) is 16.8 Å². The van der Waals surface area contributed by atoms with Gasteiger partial charge in [0.1, 0.15) is 0 Å². The predicted octanol–water partition coefficient (Wildman–Crippen LogP) is 0.504. The maximum Gasteiger partial charge on any atom is 0.255 e. The van der Waals surface area contributed by atoms with Crippen LogP contribution < -0.4 is 5.32 Å². The third-order valence-electron chi connectivity index (χ3n) is 3.29. The highest BCUT2D eigenvalue weighted by atomic mass is 32.1. The monoisotopic (exact) mass is 236 g/mol. The Morgan fingerprint density at radius 1 is 1.56 bits per heavy atom. The number of hydrogen-bond acceptors (Lipinski definition) is 4. The number of nitrogens with one attached hydrogen (secondary N) is 1. The van der Waals surface area contributed by atoms with Gasteiger partial charge in [0.15, 0.2) is 5.78 Å². The van der Waals surface area contributed by atoms with Crippen LogP contribution in [-0.4, -0.2) is 41.8 Å². The first kappa shape index (κ1) is 9.99. The van der Waals surface area contributed by atoms with Crippen LogP contribution in [0.1, 0.15) is 16.8 Å². The molecule has 0 radical (unpaired) electrons. The fourth-order valence-electron chi connectivity index (χ4n) is 2.51. The lowest BCUT2D eigenvalue weighted by molar-refractivity contribution is -0.118. The van der Waals surface area contributed by atoms with E-state index in [2.05, 4.69) is 5.32 Å². The normalized spacial score (nSPS) is 28.5. The summed E-state index contributed by atoms with van der Waals surface area (Å²) >= 11 is 1.50. The number of fused-ring (bicyclic) bond motifs is 1. The first-order valence-electron chi connectivity index (χ1n) is 5.36. The summed E-state index contributed by atoms with van der Waals surface area (Å²) in [6.45, 7) is 1.09. The fourth-order valence-corrected chi connectivity index (χ4v) is 3.14. The van der Waals surface area contributed by atoms with Crippen LogP contribution in [0.4, 0.5) is 0 Å². The Labute approximate surface area is 97.2 Å². The molecular weight excluding hydrogens is 224 g/mol. The molecule has 0 spiro atoms. The molecule has 2 aliphatic heterocycles. The summed E-state index contributed by atoms with van der Waals surface area (Å²) in [7, 11) is 0. The van der Waals surface area contributed by atoms with Crippen LogP contribution in [0.25, 0.3) is 0 Å². The van der Waals surface area contributed by atoms with Crippen molar-refractivity contribution in [2.45, 2.75) is 18.5 Å². The zero-order chi connectivity index (χ0) is 11.1. The number of carbonyl (C=O) groups excluding carboxylic acids is 2. The van der Waals surface area contributed by atoms with Crippen molar-refractivity contribution in [1.82, 2.24) is 10.2 Å². The minimum atomic E-state index is -0.123. The highest BCUT2D eigenvalue weighted by Crippen LogP contribution is 2.25. The molecule has 84 valence electrons. The molecule has 0 saturated carbocycles. The number of rotatable bonds is 1. The van der Waals surface area contributed by atoms with E-state index in [9.17, 15) is 9.59 Å². The maximum atomic E-state index is 12.1. The highest BCUT2D eigenvalue weighted by molar-refractivity contribution is 7.08. The number of nitrogens with zero attached hydrogens (tertiary/aromatic N) is 1. The molecule has 1 aromatic heterocycles. The number of Topliss-reactive ketones (excluding diaryl/α,β-unsaturated/α-hetero) is 1. The van der Waals surface area contributed by atoms with Crippen molar-refractivity contribution >= 4 is 23.0 Å². The van der Waals surface area contributed by atoms with E-state index in [1.807, 2.05) is 16.8 Å². The molecule has 3 rings (SSSR count). The van der Waals surface area contributed by atoms with E-state index < -0.39 is 0 Å². The van der Waals surface area contributed by atoms with Gasteiger partial charge in [0.2, 0.25) is 0 Å². The lowest BCUT2D eigenvalue weighted by Crippen LogP contribution is -2.38. The Morgan fingerprint density at radius 2 is 2.44 bits per heavy atom. The number of amides is 1. The van der Waals surface area contributed by atoms with Crippen molar-refractivity contribution in [3.63, 3.8) is 0 Å². The van der Waals surface area contributed by atoms with Gasteiger partial charge in [-0.05, 0) is 24.4 Å². The Bertz CT molecular complexity index is 429. The van der Waals surface area contributed by atoms with E-state index in [0.29, 0.717) is 5.56 Å². The molecule has 1 N–H and O–H groups in total. The van der Waals surface area contributed by atoms with Gasteiger partial charge < -0.3 is 10.2 Å². The minimum absolute atomic E-state index is 0.00852. The lowest BCUT2D eigenvalue weighted by Gasteiger charge is -2.21. The van der Waals surface area contributed by atoms with Crippen LogP contribution in [0.5, 0.6) is 0 Å². The molecule has 2 aliphatic rings. The molecule has 0 aliphatic carbocycles. The Morgan fingerprint density at radius 3 is 3.19 bits per heavy atom. The Kier molecular flexibility index (Phi) is 2.29. The van der Waals surface area contributed by atoms with Gasteiger partial charge in [-0.15, -0.1) is 0 Å². The van der Waals surface area contributed by atoms with Crippen molar-refractivity contribution in [1.29, 1.82) is 0 Å². The zero-order valence-electron chi connectivity index (χ0n) is 8.68. The Hall–Kier alpha value is -1.20. The van der Waals surface area contributed by atoms with Gasteiger partial charge in [-0.2, -0.15) is 11.3 Å². The molecule has 5 heteroatoms.